The Morgan fingerprint density at radius 2 is 1.96 bits per heavy atom. The lowest BCUT2D eigenvalue weighted by Gasteiger charge is -2.29. The number of nitrogens with one attached hydrogen (secondary N) is 1. The highest BCUT2D eigenvalue weighted by molar-refractivity contribution is 5.88. The molecule has 2 unspecified atom stereocenters. The van der Waals surface area contributed by atoms with Crippen molar-refractivity contribution in [3.63, 3.8) is 0 Å². The van der Waals surface area contributed by atoms with Gasteiger partial charge in [-0.3, -0.25) is 14.4 Å². The fraction of sp³-hybridized carbons (Fsp3) is 0.842. The van der Waals surface area contributed by atoms with Crippen LogP contribution in [0.4, 0.5) is 0 Å². The molecule has 8 heteroatoms. The lowest BCUT2D eigenvalue weighted by Crippen LogP contribution is -2.48. The van der Waals surface area contributed by atoms with E-state index in [1.807, 2.05) is 9.80 Å². The van der Waals surface area contributed by atoms with Gasteiger partial charge >= 0.3 is 0 Å². The summed E-state index contributed by atoms with van der Waals surface area (Å²) in [5.41, 5.74) is 0. The summed E-state index contributed by atoms with van der Waals surface area (Å²) in [6, 6.07) is -0.584. The van der Waals surface area contributed by atoms with E-state index in [0.29, 0.717) is 39.2 Å². The van der Waals surface area contributed by atoms with Crippen LogP contribution < -0.4 is 5.32 Å². The molecule has 0 radical (unpaired) electrons. The van der Waals surface area contributed by atoms with E-state index in [9.17, 15) is 14.4 Å². The first kappa shape index (κ1) is 20.1. The zero-order chi connectivity index (χ0) is 19.4. The quantitative estimate of drug-likeness (QED) is 0.683. The zero-order valence-corrected chi connectivity index (χ0v) is 16.5. The van der Waals surface area contributed by atoms with Gasteiger partial charge in [0.2, 0.25) is 17.7 Å². The predicted molar refractivity (Wildman–Crippen MR) is 100.0 cm³/mol. The molecule has 0 aromatic heterocycles. The molecule has 2 aliphatic heterocycles. The van der Waals surface area contributed by atoms with E-state index in [1.54, 1.807) is 12.0 Å². The number of ether oxygens (including phenoxy) is 1. The van der Waals surface area contributed by atoms with Crippen LogP contribution in [0.3, 0.4) is 0 Å². The van der Waals surface area contributed by atoms with Crippen LogP contribution in [-0.4, -0.2) is 97.5 Å². The molecular weight excluding hydrogens is 348 g/mol. The Bertz CT molecular complexity index is 558. The summed E-state index contributed by atoms with van der Waals surface area (Å²) < 4.78 is 5.18. The summed E-state index contributed by atoms with van der Waals surface area (Å²) in [6.07, 6.45) is 3.32. The molecule has 3 aliphatic rings. The highest BCUT2D eigenvalue weighted by atomic mass is 16.5. The lowest BCUT2D eigenvalue weighted by molar-refractivity contribution is -0.142. The summed E-state index contributed by atoms with van der Waals surface area (Å²) in [5, 5.41) is 3.30. The Morgan fingerprint density at radius 1 is 1.19 bits per heavy atom. The Hall–Kier alpha value is -1.67. The standard InChI is InChI=1S/C19H32N4O4/c1-14(24)23-13-16(22(10-11-27-2)18(25)15-4-5-15)12-17(23)19(26)21-8-3-6-20-7-9-21/h15-17,20H,3-13H2,1-2H3. The zero-order valence-electron chi connectivity index (χ0n) is 16.5. The Balaban J connectivity index is 1.72. The van der Waals surface area contributed by atoms with Crippen molar-refractivity contribution in [3.8, 4) is 0 Å². The van der Waals surface area contributed by atoms with Gasteiger partial charge in [0.1, 0.15) is 6.04 Å². The molecular formula is C19H32N4O4. The topological polar surface area (TPSA) is 82.2 Å². The molecule has 2 heterocycles. The molecule has 1 aliphatic carbocycles. The van der Waals surface area contributed by atoms with Crippen molar-refractivity contribution in [1.29, 1.82) is 0 Å². The maximum atomic E-state index is 13.1. The summed E-state index contributed by atoms with van der Waals surface area (Å²) in [5.74, 6) is 0.169. The molecule has 3 rings (SSSR count). The first-order chi connectivity index (χ1) is 13.0. The third kappa shape index (κ3) is 4.79. The number of carbonyl (C=O) groups is 3. The smallest absolute Gasteiger partial charge is 0.245 e. The molecule has 2 saturated heterocycles. The molecule has 152 valence electrons. The molecule has 2 atom stereocenters. The second-order valence-electron chi connectivity index (χ2n) is 7.80. The molecule has 0 bridgehead atoms. The maximum Gasteiger partial charge on any atom is 0.245 e. The van der Waals surface area contributed by atoms with Crippen molar-refractivity contribution in [1.82, 2.24) is 20.0 Å². The van der Waals surface area contributed by atoms with Gasteiger partial charge in [0.15, 0.2) is 0 Å². The average molecular weight is 380 g/mol. The molecule has 3 amide bonds. The van der Waals surface area contributed by atoms with E-state index < -0.39 is 6.04 Å². The predicted octanol–water partition coefficient (Wildman–Crippen LogP) is -0.317. The average Bonchev–Trinajstić information content (AvgIpc) is 3.45. The Labute approximate surface area is 161 Å². The van der Waals surface area contributed by atoms with E-state index in [4.69, 9.17) is 4.74 Å². The maximum absolute atomic E-state index is 13.1. The van der Waals surface area contributed by atoms with Gasteiger partial charge in [-0.05, 0) is 32.2 Å². The van der Waals surface area contributed by atoms with Crippen molar-refractivity contribution in [2.75, 3.05) is 53.0 Å². The van der Waals surface area contributed by atoms with Crippen LogP contribution in [0.5, 0.6) is 0 Å². The minimum absolute atomic E-state index is 0.0157. The van der Waals surface area contributed by atoms with Gasteiger partial charge in [0, 0.05) is 52.7 Å². The Morgan fingerprint density at radius 3 is 2.63 bits per heavy atom. The minimum Gasteiger partial charge on any atom is -0.383 e. The molecule has 1 saturated carbocycles. The number of hydrogen-bond acceptors (Lipinski definition) is 5. The van der Waals surface area contributed by atoms with Crippen molar-refractivity contribution in [2.24, 2.45) is 5.92 Å². The van der Waals surface area contributed by atoms with Gasteiger partial charge < -0.3 is 24.8 Å². The van der Waals surface area contributed by atoms with Crippen LogP contribution in [0.25, 0.3) is 0 Å². The van der Waals surface area contributed by atoms with Crippen LogP contribution in [0.2, 0.25) is 0 Å². The van der Waals surface area contributed by atoms with Gasteiger partial charge in [-0.2, -0.15) is 0 Å². The SMILES string of the molecule is COCCN(C(=O)C1CC1)C1CC(C(=O)N2CCCNCC2)N(C(C)=O)C1. The molecule has 27 heavy (non-hydrogen) atoms. The second-order valence-corrected chi connectivity index (χ2v) is 7.80. The molecule has 0 aromatic rings. The normalized spacial score (nSPS) is 26.0. The van der Waals surface area contributed by atoms with Crippen molar-refractivity contribution >= 4 is 17.7 Å². The van der Waals surface area contributed by atoms with E-state index >= 15 is 0 Å². The van der Waals surface area contributed by atoms with Crippen molar-refractivity contribution < 1.29 is 19.1 Å². The molecule has 1 N–H and O–H groups in total. The fourth-order valence-electron chi connectivity index (χ4n) is 4.13. The van der Waals surface area contributed by atoms with Gasteiger partial charge in [-0.25, -0.2) is 0 Å². The van der Waals surface area contributed by atoms with Crippen LogP contribution in [0.1, 0.15) is 32.6 Å². The third-order valence-electron chi connectivity index (χ3n) is 5.81. The van der Waals surface area contributed by atoms with Crippen LogP contribution in [-0.2, 0) is 19.1 Å². The number of rotatable bonds is 6. The summed E-state index contributed by atoms with van der Waals surface area (Å²) in [4.78, 5) is 43.5. The molecule has 3 fully saturated rings. The molecule has 0 spiro atoms. The lowest BCUT2D eigenvalue weighted by atomic mass is 10.1. The van der Waals surface area contributed by atoms with Crippen molar-refractivity contribution in [3.05, 3.63) is 0 Å². The van der Waals surface area contributed by atoms with Crippen LogP contribution in [0, 0.1) is 5.92 Å². The summed E-state index contributed by atoms with van der Waals surface area (Å²) >= 11 is 0. The summed E-state index contributed by atoms with van der Waals surface area (Å²) in [7, 11) is 1.62. The van der Waals surface area contributed by atoms with Crippen molar-refractivity contribution in [2.45, 2.75) is 44.7 Å². The third-order valence-corrected chi connectivity index (χ3v) is 5.81. The first-order valence-electron chi connectivity index (χ1n) is 10.1. The number of methoxy groups -OCH3 is 1. The second kappa shape index (κ2) is 9.01. The van der Waals surface area contributed by atoms with Crippen LogP contribution >= 0.6 is 0 Å². The number of nitrogens with zero attached hydrogens (tertiary/aromatic N) is 3. The number of amides is 3. The van der Waals surface area contributed by atoms with E-state index in [-0.39, 0.29) is 29.7 Å². The first-order valence-corrected chi connectivity index (χ1v) is 10.1. The number of hydrogen-bond donors (Lipinski definition) is 1. The van der Waals surface area contributed by atoms with Gasteiger partial charge in [0.25, 0.3) is 0 Å². The minimum atomic E-state index is -0.470. The highest BCUT2D eigenvalue weighted by Crippen LogP contribution is 2.33. The highest BCUT2D eigenvalue weighted by Gasteiger charge is 2.45. The fourth-order valence-corrected chi connectivity index (χ4v) is 4.13. The van der Waals surface area contributed by atoms with Gasteiger partial charge in [-0.1, -0.05) is 0 Å². The van der Waals surface area contributed by atoms with E-state index in [0.717, 1.165) is 32.4 Å². The number of likely N-dealkylation sites (tertiary alicyclic amines) is 1. The van der Waals surface area contributed by atoms with Crippen LogP contribution in [0.15, 0.2) is 0 Å². The molecule has 0 aromatic carbocycles. The van der Waals surface area contributed by atoms with Gasteiger partial charge in [-0.15, -0.1) is 0 Å². The van der Waals surface area contributed by atoms with E-state index in [1.165, 1.54) is 6.92 Å². The monoisotopic (exact) mass is 380 g/mol. The summed E-state index contributed by atoms with van der Waals surface area (Å²) in [6.45, 7) is 5.99. The number of carbonyl (C=O) groups excluding carboxylic acids is 3. The van der Waals surface area contributed by atoms with Gasteiger partial charge in [0.05, 0.1) is 12.6 Å². The Kier molecular flexibility index (Phi) is 6.70. The largest absolute Gasteiger partial charge is 0.383 e. The van der Waals surface area contributed by atoms with E-state index in [2.05, 4.69) is 5.32 Å². The molecule has 8 nitrogen and oxygen atoms in total.